The van der Waals surface area contributed by atoms with E-state index in [4.69, 9.17) is 11.6 Å². The summed E-state index contributed by atoms with van der Waals surface area (Å²) in [5.74, 6) is -0.898. The van der Waals surface area contributed by atoms with Gasteiger partial charge in [0, 0.05) is 16.3 Å². The predicted octanol–water partition coefficient (Wildman–Crippen LogP) is 4.17. The second kappa shape index (κ2) is 9.82. The van der Waals surface area contributed by atoms with E-state index < -0.39 is 12.0 Å². The van der Waals surface area contributed by atoms with Crippen molar-refractivity contribution in [2.45, 2.75) is 13.0 Å². The van der Waals surface area contributed by atoms with Crippen molar-refractivity contribution in [2.24, 2.45) is 5.10 Å². The molecule has 0 spiro atoms. The molecule has 0 fully saturated rings. The van der Waals surface area contributed by atoms with Crippen LogP contribution in [0.2, 0.25) is 5.02 Å². The molecule has 2 amide bonds. The van der Waals surface area contributed by atoms with Gasteiger partial charge in [0.1, 0.15) is 0 Å². The Kier molecular flexibility index (Phi) is 6.95. The van der Waals surface area contributed by atoms with E-state index in [2.05, 4.69) is 15.8 Å². The van der Waals surface area contributed by atoms with Gasteiger partial charge in [-0.15, -0.1) is 0 Å². The SMILES string of the molecule is C/C(=N/NC(=O)C(O)c1ccccc1)c1cccc(NC(=O)c2ccc(Cl)cc2)c1. The van der Waals surface area contributed by atoms with E-state index >= 15 is 0 Å². The van der Waals surface area contributed by atoms with Crippen molar-refractivity contribution < 1.29 is 14.7 Å². The average molecular weight is 422 g/mol. The van der Waals surface area contributed by atoms with Crippen LogP contribution in [0, 0.1) is 0 Å². The quantitative estimate of drug-likeness (QED) is 0.412. The topological polar surface area (TPSA) is 90.8 Å². The fourth-order valence-corrected chi connectivity index (χ4v) is 2.80. The van der Waals surface area contributed by atoms with Crippen LogP contribution in [0.3, 0.4) is 0 Å². The Hall–Kier alpha value is -3.48. The van der Waals surface area contributed by atoms with E-state index in [1.165, 1.54) is 0 Å². The van der Waals surface area contributed by atoms with E-state index in [9.17, 15) is 14.7 Å². The molecule has 6 nitrogen and oxygen atoms in total. The molecular formula is C23H20ClN3O3. The lowest BCUT2D eigenvalue weighted by molar-refractivity contribution is -0.129. The maximum Gasteiger partial charge on any atom is 0.273 e. The Morgan fingerprint density at radius 1 is 0.933 bits per heavy atom. The average Bonchev–Trinajstić information content (AvgIpc) is 2.78. The number of nitrogens with zero attached hydrogens (tertiary/aromatic N) is 1. The molecule has 0 bridgehead atoms. The Morgan fingerprint density at radius 3 is 2.33 bits per heavy atom. The van der Waals surface area contributed by atoms with Crippen LogP contribution in [0.1, 0.15) is 34.5 Å². The highest BCUT2D eigenvalue weighted by Gasteiger charge is 2.16. The molecule has 0 aliphatic rings. The van der Waals surface area contributed by atoms with Gasteiger partial charge in [0.2, 0.25) is 0 Å². The first-order valence-corrected chi connectivity index (χ1v) is 9.56. The molecule has 0 saturated heterocycles. The summed E-state index contributed by atoms with van der Waals surface area (Å²) in [6.45, 7) is 1.72. The number of aliphatic hydroxyl groups excluding tert-OH is 1. The molecule has 30 heavy (non-hydrogen) atoms. The lowest BCUT2D eigenvalue weighted by atomic mass is 10.1. The lowest BCUT2D eigenvalue weighted by Crippen LogP contribution is -2.26. The Bertz CT molecular complexity index is 1070. The molecule has 0 aromatic heterocycles. The minimum Gasteiger partial charge on any atom is -0.378 e. The van der Waals surface area contributed by atoms with Crippen LogP contribution in [0.4, 0.5) is 5.69 Å². The number of benzene rings is 3. The molecular weight excluding hydrogens is 402 g/mol. The molecule has 152 valence electrons. The zero-order chi connectivity index (χ0) is 21.5. The highest BCUT2D eigenvalue weighted by atomic mass is 35.5. The van der Waals surface area contributed by atoms with Crippen molar-refractivity contribution in [1.82, 2.24) is 5.43 Å². The second-order valence-electron chi connectivity index (χ2n) is 6.53. The molecule has 7 heteroatoms. The number of nitrogens with one attached hydrogen (secondary N) is 2. The number of rotatable bonds is 6. The monoisotopic (exact) mass is 421 g/mol. The van der Waals surface area contributed by atoms with Gasteiger partial charge in [0.25, 0.3) is 11.8 Å². The van der Waals surface area contributed by atoms with E-state index in [0.29, 0.717) is 33.1 Å². The van der Waals surface area contributed by atoms with Crippen LogP contribution in [0.5, 0.6) is 0 Å². The second-order valence-corrected chi connectivity index (χ2v) is 6.96. The number of halogens is 1. The Labute approximate surface area is 179 Å². The third kappa shape index (κ3) is 5.53. The number of carbonyl (C=O) groups is 2. The molecule has 0 aliphatic heterocycles. The summed E-state index contributed by atoms with van der Waals surface area (Å²) in [5, 5.41) is 17.5. The van der Waals surface area contributed by atoms with E-state index in [1.54, 1.807) is 85.8 Å². The molecule has 3 aromatic carbocycles. The van der Waals surface area contributed by atoms with Crippen LogP contribution >= 0.6 is 11.6 Å². The van der Waals surface area contributed by atoms with Crippen molar-refractivity contribution in [1.29, 1.82) is 0 Å². The maximum absolute atomic E-state index is 12.4. The van der Waals surface area contributed by atoms with Crippen molar-refractivity contribution in [3.63, 3.8) is 0 Å². The first kappa shape index (κ1) is 21.2. The highest BCUT2D eigenvalue weighted by Crippen LogP contribution is 2.15. The molecule has 0 aliphatic carbocycles. The number of anilines is 1. The van der Waals surface area contributed by atoms with E-state index in [0.717, 1.165) is 0 Å². The number of hydrazone groups is 1. The van der Waals surface area contributed by atoms with Crippen LogP contribution in [0.15, 0.2) is 84.0 Å². The summed E-state index contributed by atoms with van der Waals surface area (Å²) in [4.78, 5) is 24.5. The number of hydrogen-bond acceptors (Lipinski definition) is 4. The summed E-state index contributed by atoms with van der Waals surface area (Å²) < 4.78 is 0. The van der Waals surface area contributed by atoms with Gasteiger partial charge in [0.05, 0.1) is 5.71 Å². The van der Waals surface area contributed by atoms with Gasteiger partial charge in [0.15, 0.2) is 6.10 Å². The predicted molar refractivity (Wildman–Crippen MR) is 118 cm³/mol. The zero-order valence-electron chi connectivity index (χ0n) is 16.2. The van der Waals surface area contributed by atoms with Gasteiger partial charge in [-0.1, -0.05) is 54.1 Å². The number of hydrogen-bond donors (Lipinski definition) is 3. The van der Waals surface area contributed by atoms with Gasteiger partial charge in [-0.3, -0.25) is 9.59 Å². The molecule has 1 unspecified atom stereocenters. The number of carbonyl (C=O) groups excluding carboxylic acids is 2. The molecule has 3 aromatic rings. The molecule has 3 N–H and O–H groups in total. The third-order valence-electron chi connectivity index (χ3n) is 4.34. The highest BCUT2D eigenvalue weighted by molar-refractivity contribution is 6.30. The van der Waals surface area contributed by atoms with E-state index in [-0.39, 0.29) is 5.91 Å². The van der Waals surface area contributed by atoms with Crippen molar-refractivity contribution in [3.05, 3.63) is 101 Å². The minimum absolute atomic E-state index is 0.266. The Balaban J connectivity index is 1.66. The largest absolute Gasteiger partial charge is 0.378 e. The van der Waals surface area contributed by atoms with Gasteiger partial charge < -0.3 is 10.4 Å². The fraction of sp³-hybridized carbons (Fsp3) is 0.0870. The standard InChI is InChI=1S/C23H20ClN3O3/c1-15(26-27-23(30)21(28)16-6-3-2-4-7-16)18-8-5-9-20(14-18)25-22(29)17-10-12-19(24)13-11-17/h2-14,21,28H,1H3,(H,25,29)(H,27,30)/b26-15-. The van der Waals surface area contributed by atoms with Crippen LogP contribution in [-0.4, -0.2) is 22.6 Å². The van der Waals surface area contributed by atoms with Crippen molar-refractivity contribution >= 4 is 34.8 Å². The molecule has 0 radical (unpaired) electrons. The van der Waals surface area contributed by atoms with Crippen molar-refractivity contribution in [3.8, 4) is 0 Å². The third-order valence-corrected chi connectivity index (χ3v) is 4.59. The van der Waals surface area contributed by atoms with Crippen LogP contribution in [0.25, 0.3) is 0 Å². The fourth-order valence-electron chi connectivity index (χ4n) is 2.68. The summed E-state index contributed by atoms with van der Waals surface area (Å²) in [7, 11) is 0. The van der Waals surface area contributed by atoms with Gasteiger partial charge in [-0.2, -0.15) is 5.10 Å². The molecule has 1 atom stereocenters. The minimum atomic E-state index is -1.31. The summed E-state index contributed by atoms with van der Waals surface area (Å²) in [6.07, 6.45) is -1.31. The smallest absolute Gasteiger partial charge is 0.273 e. The first-order valence-electron chi connectivity index (χ1n) is 9.18. The first-order chi connectivity index (χ1) is 14.4. The number of amides is 2. The van der Waals surface area contributed by atoms with E-state index in [1.807, 2.05) is 0 Å². The molecule has 0 saturated carbocycles. The summed E-state index contributed by atoms with van der Waals surface area (Å²) in [6, 6.07) is 22.2. The maximum atomic E-state index is 12.4. The summed E-state index contributed by atoms with van der Waals surface area (Å²) in [5.41, 5.74) is 5.14. The summed E-state index contributed by atoms with van der Waals surface area (Å²) >= 11 is 5.85. The lowest BCUT2D eigenvalue weighted by Gasteiger charge is -2.10. The molecule has 3 rings (SSSR count). The van der Waals surface area contributed by atoms with Crippen LogP contribution in [-0.2, 0) is 4.79 Å². The van der Waals surface area contributed by atoms with Gasteiger partial charge in [-0.25, -0.2) is 5.43 Å². The number of aliphatic hydroxyl groups is 1. The molecule has 0 heterocycles. The van der Waals surface area contributed by atoms with Gasteiger partial charge >= 0.3 is 0 Å². The van der Waals surface area contributed by atoms with Gasteiger partial charge in [-0.05, 0) is 54.4 Å². The van der Waals surface area contributed by atoms with Crippen LogP contribution < -0.4 is 10.7 Å². The van der Waals surface area contributed by atoms with Crippen molar-refractivity contribution in [2.75, 3.05) is 5.32 Å². The normalized spacial score (nSPS) is 12.2. The zero-order valence-corrected chi connectivity index (χ0v) is 16.9. The Morgan fingerprint density at radius 2 is 1.63 bits per heavy atom.